The summed E-state index contributed by atoms with van der Waals surface area (Å²) in [4.78, 5) is 6.65. The first-order chi connectivity index (χ1) is 9.50. The van der Waals surface area contributed by atoms with E-state index in [9.17, 15) is 8.42 Å². The lowest BCUT2D eigenvalue weighted by Gasteiger charge is -2.32. The van der Waals surface area contributed by atoms with Crippen LogP contribution in [-0.2, 0) is 14.6 Å². The molecule has 1 aliphatic rings. The van der Waals surface area contributed by atoms with Crippen LogP contribution in [0.4, 0.5) is 5.82 Å². The molecular formula is C13H21N3O3S. The third-order valence-electron chi connectivity index (χ3n) is 3.34. The molecule has 112 valence electrons. The average Bonchev–Trinajstić information content (AvgIpc) is 2.44. The molecule has 1 saturated heterocycles. The van der Waals surface area contributed by atoms with Crippen molar-refractivity contribution >= 4 is 15.7 Å². The van der Waals surface area contributed by atoms with Crippen molar-refractivity contribution in [1.29, 1.82) is 0 Å². The lowest BCUT2D eigenvalue weighted by Crippen LogP contribution is -2.45. The number of likely N-dealkylation sites (N-methyl/N-ethyl adjacent to an activating group) is 1. The number of anilines is 1. The van der Waals surface area contributed by atoms with E-state index in [1.807, 2.05) is 0 Å². The van der Waals surface area contributed by atoms with E-state index >= 15 is 0 Å². The number of hydrogen-bond donors (Lipinski definition) is 1. The summed E-state index contributed by atoms with van der Waals surface area (Å²) in [6.45, 7) is 6.18. The standard InChI is InChI=1S/C13H21N3O3S/c1-3-16-7-8-19-11(10-16)9-15-13-12(20(2,17)18)5-4-6-14-13/h4-6,11H,3,7-10H2,1-2H3,(H,14,15). The van der Waals surface area contributed by atoms with Crippen LogP contribution in [0.15, 0.2) is 23.2 Å². The first kappa shape index (κ1) is 15.2. The quantitative estimate of drug-likeness (QED) is 0.859. The molecular weight excluding hydrogens is 278 g/mol. The highest BCUT2D eigenvalue weighted by molar-refractivity contribution is 7.90. The van der Waals surface area contributed by atoms with Crippen LogP contribution in [-0.4, -0.2) is 63.4 Å². The molecule has 0 aliphatic carbocycles. The van der Waals surface area contributed by atoms with Gasteiger partial charge in [-0.3, -0.25) is 4.90 Å². The molecule has 7 heteroatoms. The Morgan fingerprint density at radius 2 is 2.35 bits per heavy atom. The molecule has 20 heavy (non-hydrogen) atoms. The van der Waals surface area contributed by atoms with Gasteiger partial charge in [0, 0.05) is 32.1 Å². The van der Waals surface area contributed by atoms with Gasteiger partial charge in [0.2, 0.25) is 0 Å². The van der Waals surface area contributed by atoms with Crippen LogP contribution < -0.4 is 5.32 Å². The Bertz CT molecular complexity index is 548. The number of morpholine rings is 1. The normalized spacial score (nSPS) is 20.8. The highest BCUT2D eigenvalue weighted by Gasteiger charge is 2.20. The molecule has 0 radical (unpaired) electrons. The van der Waals surface area contributed by atoms with Gasteiger partial charge in [0.1, 0.15) is 10.7 Å². The van der Waals surface area contributed by atoms with E-state index in [-0.39, 0.29) is 11.0 Å². The van der Waals surface area contributed by atoms with Crippen molar-refractivity contribution in [2.45, 2.75) is 17.9 Å². The van der Waals surface area contributed by atoms with E-state index in [1.165, 1.54) is 6.26 Å². The Labute approximate surface area is 120 Å². The Balaban J connectivity index is 2.01. The lowest BCUT2D eigenvalue weighted by atomic mass is 10.2. The number of aromatic nitrogens is 1. The minimum atomic E-state index is -3.28. The molecule has 2 heterocycles. The molecule has 1 aliphatic heterocycles. The number of ether oxygens (including phenoxy) is 1. The van der Waals surface area contributed by atoms with Gasteiger partial charge in [0.05, 0.1) is 12.7 Å². The van der Waals surface area contributed by atoms with Crippen LogP contribution in [0, 0.1) is 0 Å². The Morgan fingerprint density at radius 1 is 1.55 bits per heavy atom. The lowest BCUT2D eigenvalue weighted by molar-refractivity contribution is -0.0192. The van der Waals surface area contributed by atoms with E-state index in [0.29, 0.717) is 19.0 Å². The van der Waals surface area contributed by atoms with Gasteiger partial charge < -0.3 is 10.1 Å². The van der Waals surface area contributed by atoms with Crippen LogP contribution in [0.2, 0.25) is 0 Å². The molecule has 0 saturated carbocycles. The van der Waals surface area contributed by atoms with Crippen LogP contribution in [0.3, 0.4) is 0 Å². The van der Waals surface area contributed by atoms with E-state index in [0.717, 1.165) is 19.6 Å². The van der Waals surface area contributed by atoms with Crippen molar-refractivity contribution in [2.75, 3.05) is 44.4 Å². The number of rotatable bonds is 5. The molecule has 0 amide bonds. The molecule has 2 rings (SSSR count). The minimum absolute atomic E-state index is 0.0538. The second-order valence-electron chi connectivity index (χ2n) is 4.89. The third-order valence-corrected chi connectivity index (χ3v) is 4.47. The first-order valence-corrected chi connectivity index (χ1v) is 8.62. The fraction of sp³-hybridized carbons (Fsp3) is 0.615. The van der Waals surface area contributed by atoms with E-state index in [1.54, 1.807) is 18.3 Å². The smallest absolute Gasteiger partial charge is 0.179 e. The summed E-state index contributed by atoms with van der Waals surface area (Å²) in [6, 6.07) is 3.18. The number of hydrogen-bond acceptors (Lipinski definition) is 6. The topological polar surface area (TPSA) is 71.5 Å². The predicted molar refractivity (Wildman–Crippen MR) is 77.7 cm³/mol. The van der Waals surface area contributed by atoms with Crippen molar-refractivity contribution in [2.24, 2.45) is 0 Å². The van der Waals surface area contributed by atoms with E-state index in [4.69, 9.17) is 4.74 Å². The summed E-state index contributed by atoms with van der Waals surface area (Å²) in [5, 5.41) is 3.09. The summed E-state index contributed by atoms with van der Waals surface area (Å²) in [7, 11) is -3.28. The van der Waals surface area contributed by atoms with Gasteiger partial charge in [-0.15, -0.1) is 0 Å². The maximum atomic E-state index is 11.7. The first-order valence-electron chi connectivity index (χ1n) is 6.73. The highest BCUT2D eigenvalue weighted by atomic mass is 32.2. The fourth-order valence-electron chi connectivity index (χ4n) is 2.22. The molecule has 0 spiro atoms. The number of sulfone groups is 1. The summed E-state index contributed by atoms with van der Waals surface area (Å²) in [5.74, 6) is 0.396. The zero-order valence-corrected chi connectivity index (χ0v) is 12.7. The van der Waals surface area contributed by atoms with Gasteiger partial charge in [0.25, 0.3) is 0 Å². The largest absolute Gasteiger partial charge is 0.374 e. The fourth-order valence-corrected chi connectivity index (χ4v) is 3.03. The van der Waals surface area contributed by atoms with Crippen molar-refractivity contribution in [1.82, 2.24) is 9.88 Å². The molecule has 1 N–H and O–H groups in total. The van der Waals surface area contributed by atoms with Crippen LogP contribution >= 0.6 is 0 Å². The minimum Gasteiger partial charge on any atom is -0.374 e. The maximum Gasteiger partial charge on any atom is 0.179 e. The molecule has 1 aromatic heterocycles. The van der Waals surface area contributed by atoms with Gasteiger partial charge in [-0.2, -0.15) is 0 Å². The van der Waals surface area contributed by atoms with Crippen LogP contribution in [0.25, 0.3) is 0 Å². The Hall–Kier alpha value is -1.18. The summed E-state index contributed by atoms with van der Waals surface area (Å²) < 4.78 is 29.0. The Kier molecular flexibility index (Phi) is 4.95. The van der Waals surface area contributed by atoms with Gasteiger partial charge in [-0.05, 0) is 18.7 Å². The van der Waals surface area contributed by atoms with E-state index in [2.05, 4.69) is 22.1 Å². The van der Waals surface area contributed by atoms with Gasteiger partial charge in [-0.25, -0.2) is 13.4 Å². The summed E-state index contributed by atoms with van der Waals surface area (Å²) in [5.41, 5.74) is 0. The second kappa shape index (κ2) is 6.51. The molecule has 1 unspecified atom stereocenters. The second-order valence-corrected chi connectivity index (χ2v) is 6.87. The predicted octanol–water partition coefficient (Wildman–Crippen LogP) is 0.618. The molecule has 1 aromatic rings. The zero-order valence-electron chi connectivity index (χ0n) is 11.9. The number of nitrogens with zero attached hydrogens (tertiary/aromatic N) is 2. The monoisotopic (exact) mass is 299 g/mol. The van der Waals surface area contributed by atoms with Gasteiger partial charge in [0.15, 0.2) is 9.84 Å². The molecule has 1 fully saturated rings. The van der Waals surface area contributed by atoms with E-state index < -0.39 is 9.84 Å². The number of pyridine rings is 1. The van der Waals surface area contributed by atoms with Gasteiger partial charge >= 0.3 is 0 Å². The summed E-state index contributed by atoms with van der Waals surface area (Å²) in [6.07, 6.45) is 2.82. The molecule has 1 atom stereocenters. The maximum absolute atomic E-state index is 11.7. The highest BCUT2D eigenvalue weighted by Crippen LogP contribution is 2.18. The molecule has 6 nitrogen and oxygen atoms in total. The van der Waals surface area contributed by atoms with Crippen molar-refractivity contribution in [3.05, 3.63) is 18.3 Å². The Morgan fingerprint density at radius 3 is 3.05 bits per heavy atom. The third kappa shape index (κ3) is 3.91. The van der Waals surface area contributed by atoms with Crippen molar-refractivity contribution in [3.63, 3.8) is 0 Å². The number of nitrogens with one attached hydrogen (secondary N) is 1. The van der Waals surface area contributed by atoms with Crippen molar-refractivity contribution in [3.8, 4) is 0 Å². The van der Waals surface area contributed by atoms with Crippen molar-refractivity contribution < 1.29 is 13.2 Å². The zero-order chi connectivity index (χ0) is 14.6. The average molecular weight is 299 g/mol. The summed E-state index contributed by atoms with van der Waals surface area (Å²) >= 11 is 0. The SMILES string of the molecule is CCN1CCOC(CNc2ncccc2S(C)(=O)=O)C1. The van der Waals surface area contributed by atoms with Crippen LogP contribution in [0.5, 0.6) is 0 Å². The molecule has 0 aromatic carbocycles. The van der Waals surface area contributed by atoms with Crippen LogP contribution in [0.1, 0.15) is 6.92 Å². The molecule has 0 bridgehead atoms. The van der Waals surface area contributed by atoms with Gasteiger partial charge in [-0.1, -0.05) is 6.92 Å².